The monoisotopic (exact) mass is 283 g/mol. The molecule has 1 unspecified atom stereocenters. The molecule has 21 heavy (non-hydrogen) atoms. The fourth-order valence-electron chi connectivity index (χ4n) is 2.49. The maximum atomic E-state index is 12.3. The van der Waals surface area contributed by atoms with Gasteiger partial charge in [-0.25, -0.2) is 0 Å². The molecular formula is C17H17NO3. The maximum absolute atomic E-state index is 12.3. The lowest BCUT2D eigenvalue weighted by molar-refractivity contribution is -0.121. The first-order valence-corrected chi connectivity index (χ1v) is 6.97. The molecule has 0 bridgehead atoms. The number of amides is 1. The molecule has 108 valence electrons. The standard InChI is InChI=1S/C17H17NO3/c19-10-12-4-3-6-15(8-12)18-17(20)14-9-13-5-1-2-7-16(13)21-11-14/h1-8,14,19H,9-11H2,(H,18,20). The SMILES string of the molecule is O=C(Nc1cccc(CO)c1)C1COc2ccccc2C1. The number of hydrogen-bond acceptors (Lipinski definition) is 3. The fraction of sp³-hybridized carbons (Fsp3) is 0.235. The van der Waals surface area contributed by atoms with E-state index in [2.05, 4.69) is 5.32 Å². The third kappa shape index (κ3) is 3.06. The molecule has 1 amide bonds. The van der Waals surface area contributed by atoms with Gasteiger partial charge in [-0.1, -0.05) is 30.3 Å². The second-order valence-electron chi connectivity index (χ2n) is 5.17. The quantitative estimate of drug-likeness (QED) is 0.909. The minimum Gasteiger partial charge on any atom is -0.492 e. The van der Waals surface area contributed by atoms with Crippen molar-refractivity contribution in [3.8, 4) is 5.75 Å². The van der Waals surface area contributed by atoms with E-state index >= 15 is 0 Å². The van der Waals surface area contributed by atoms with Crippen molar-refractivity contribution in [1.29, 1.82) is 0 Å². The summed E-state index contributed by atoms with van der Waals surface area (Å²) in [7, 11) is 0. The zero-order chi connectivity index (χ0) is 14.7. The Morgan fingerprint density at radius 3 is 2.95 bits per heavy atom. The van der Waals surface area contributed by atoms with Crippen molar-refractivity contribution in [2.45, 2.75) is 13.0 Å². The summed E-state index contributed by atoms with van der Waals surface area (Å²) in [4.78, 5) is 12.3. The number of fused-ring (bicyclic) bond motifs is 1. The number of rotatable bonds is 3. The van der Waals surface area contributed by atoms with Crippen molar-refractivity contribution in [3.05, 3.63) is 59.7 Å². The fourth-order valence-corrected chi connectivity index (χ4v) is 2.49. The van der Waals surface area contributed by atoms with Crippen molar-refractivity contribution in [3.63, 3.8) is 0 Å². The highest BCUT2D eigenvalue weighted by Crippen LogP contribution is 2.27. The molecule has 1 heterocycles. The van der Waals surface area contributed by atoms with Crippen LogP contribution in [-0.4, -0.2) is 17.6 Å². The minimum atomic E-state index is -0.197. The number of anilines is 1. The van der Waals surface area contributed by atoms with Gasteiger partial charge in [-0.05, 0) is 35.7 Å². The van der Waals surface area contributed by atoms with Crippen LogP contribution < -0.4 is 10.1 Å². The number of para-hydroxylation sites is 1. The first-order chi connectivity index (χ1) is 10.3. The van der Waals surface area contributed by atoms with Crippen LogP contribution in [-0.2, 0) is 17.8 Å². The summed E-state index contributed by atoms with van der Waals surface area (Å²) in [6, 6.07) is 15.0. The average molecular weight is 283 g/mol. The Bertz CT molecular complexity index is 654. The first kappa shape index (κ1) is 13.6. The summed E-state index contributed by atoms with van der Waals surface area (Å²) in [5.41, 5.74) is 2.54. The normalized spacial score (nSPS) is 16.7. The molecule has 4 nitrogen and oxygen atoms in total. The first-order valence-electron chi connectivity index (χ1n) is 6.97. The number of aliphatic hydroxyl groups excluding tert-OH is 1. The Balaban J connectivity index is 1.69. The summed E-state index contributed by atoms with van der Waals surface area (Å²) in [6.07, 6.45) is 0.682. The zero-order valence-corrected chi connectivity index (χ0v) is 11.6. The number of nitrogens with one attached hydrogen (secondary N) is 1. The van der Waals surface area contributed by atoms with Gasteiger partial charge in [0, 0.05) is 5.69 Å². The highest BCUT2D eigenvalue weighted by atomic mass is 16.5. The number of hydrogen-bond donors (Lipinski definition) is 2. The lowest BCUT2D eigenvalue weighted by Crippen LogP contribution is -2.32. The van der Waals surface area contributed by atoms with Gasteiger partial charge in [0.25, 0.3) is 0 Å². The molecule has 0 spiro atoms. The molecule has 3 rings (SSSR count). The van der Waals surface area contributed by atoms with Crippen LogP contribution in [0.5, 0.6) is 5.75 Å². The zero-order valence-electron chi connectivity index (χ0n) is 11.6. The Labute approximate surface area is 123 Å². The van der Waals surface area contributed by atoms with Crippen LogP contribution in [0.4, 0.5) is 5.69 Å². The van der Waals surface area contributed by atoms with Gasteiger partial charge in [-0.3, -0.25) is 4.79 Å². The predicted octanol–water partition coefficient (Wildman–Crippen LogP) is 2.37. The van der Waals surface area contributed by atoms with Crippen molar-refractivity contribution in [2.75, 3.05) is 11.9 Å². The average Bonchev–Trinajstić information content (AvgIpc) is 2.54. The topological polar surface area (TPSA) is 58.6 Å². The second kappa shape index (κ2) is 5.97. The van der Waals surface area contributed by atoms with E-state index in [0.29, 0.717) is 18.7 Å². The Morgan fingerprint density at radius 1 is 1.24 bits per heavy atom. The van der Waals surface area contributed by atoms with Crippen molar-refractivity contribution >= 4 is 11.6 Å². The van der Waals surface area contributed by atoms with Crippen molar-refractivity contribution < 1.29 is 14.6 Å². The summed E-state index contributed by atoms with van der Waals surface area (Å²) in [5, 5.41) is 12.0. The molecule has 2 N–H and O–H groups in total. The lowest BCUT2D eigenvalue weighted by atomic mass is 9.96. The van der Waals surface area contributed by atoms with Crippen LogP contribution in [0.25, 0.3) is 0 Å². The van der Waals surface area contributed by atoms with Gasteiger partial charge in [0.1, 0.15) is 12.4 Å². The summed E-state index contributed by atoms with van der Waals surface area (Å²) < 4.78 is 5.64. The van der Waals surface area contributed by atoms with Gasteiger partial charge in [-0.2, -0.15) is 0 Å². The van der Waals surface area contributed by atoms with E-state index in [4.69, 9.17) is 9.84 Å². The number of benzene rings is 2. The molecule has 1 aliphatic rings. The molecule has 1 aliphatic heterocycles. The Morgan fingerprint density at radius 2 is 2.10 bits per heavy atom. The molecule has 1 atom stereocenters. The van der Waals surface area contributed by atoms with E-state index in [1.165, 1.54) is 0 Å². The number of aliphatic hydroxyl groups is 1. The number of carbonyl (C=O) groups is 1. The van der Waals surface area contributed by atoms with Crippen LogP contribution in [0.2, 0.25) is 0 Å². The van der Waals surface area contributed by atoms with Crippen LogP contribution in [0.3, 0.4) is 0 Å². The molecule has 0 aliphatic carbocycles. The molecule has 0 saturated heterocycles. The Hall–Kier alpha value is -2.33. The molecule has 2 aromatic rings. The van der Waals surface area contributed by atoms with Crippen molar-refractivity contribution in [1.82, 2.24) is 0 Å². The molecule has 0 aromatic heterocycles. The van der Waals surface area contributed by atoms with Crippen LogP contribution in [0.15, 0.2) is 48.5 Å². The maximum Gasteiger partial charge on any atom is 0.231 e. The summed E-state index contributed by atoms with van der Waals surface area (Å²) in [5.74, 6) is 0.612. The van der Waals surface area contributed by atoms with E-state index in [1.54, 1.807) is 6.07 Å². The smallest absolute Gasteiger partial charge is 0.231 e. The molecule has 4 heteroatoms. The van der Waals surface area contributed by atoms with E-state index in [-0.39, 0.29) is 18.4 Å². The minimum absolute atomic E-state index is 0.0381. The molecule has 0 fully saturated rings. The third-order valence-corrected chi connectivity index (χ3v) is 3.63. The van der Waals surface area contributed by atoms with E-state index < -0.39 is 0 Å². The van der Waals surface area contributed by atoms with Gasteiger partial charge >= 0.3 is 0 Å². The lowest BCUT2D eigenvalue weighted by Gasteiger charge is -2.24. The highest BCUT2D eigenvalue weighted by Gasteiger charge is 2.25. The number of carbonyl (C=O) groups excluding carboxylic acids is 1. The van der Waals surface area contributed by atoms with Crippen molar-refractivity contribution in [2.24, 2.45) is 5.92 Å². The van der Waals surface area contributed by atoms with Gasteiger partial charge < -0.3 is 15.2 Å². The predicted molar refractivity (Wildman–Crippen MR) is 80.1 cm³/mol. The molecule has 0 radical (unpaired) electrons. The van der Waals surface area contributed by atoms with Gasteiger partial charge in [0.05, 0.1) is 12.5 Å². The largest absolute Gasteiger partial charge is 0.492 e. The third-order valence-electron chi connectivity index (χ3n) is 3.63. The Kier molecular flexibility index (Phi) is 3.88. The summed E-state index contributed by atoms with van der Waals surface area (Å²) >= 11 is 0. The molecule has 2 aromatic carbocycles. The highest BCUT2D eigenvalue weighted by molar-refractivity contribution is 5.93. The second-order valence-corrected chi connectivity index (χ2v) is 5.17. The van der Waals surface area contributed by atoms with Crippen LogP contribution in [0.1, 0.15) is 11.1 Å². The molecular weight excluding hydrogens is 266 g/mol. The van der Waals surface area contributed by atoms with Gasteiger partial charge in [-0.15, -0.1) is 0 Å². The van der Waals surface area contributed by atoms with E-state index in [0.717, 1.165) is 16.9 Å². The van der Waals surface area contributed by atoms with Gasteiger partial charge in [0.15, 0.2) is 0 Å². The number of ether oxygens (including phenoxy) is 1. The summed E-state index contributed by atoms with van der Waals surface area (Å²) in [6.45, 7) is 0.353. The molecule has 0 saturated carbocycles. The van der Waals surface area contributed by atoms with E-state index in [1.807, 2.05) is 42.5 Å². The van der Waals surface area contributed by atoms with E-state index in [9.17, 15) is 4.79 Å². The van der Waals surface area contributed by atoms with Gasteiger partial charge in [0.2, 0.25) is 5.91 Å². The van der Waals surface area contributed by atoms with Crippen LogP contribution in [0, 0.1) is 5.92 Å². The van der Waals surface area contributed by atoms with Crippen LogP contribution >= 0.6 is 0 Å².